The van der Waals surface area contributed by atoms with Crippen LogP contribution in [0.1, 0.15) is 15.9 Å². The first-order chi connectivity index (χ1) is 15.0. The number of hydrogen-bond acceptors (Lipinski definition) is 5. The van der Waals surface area contributed by atoms with E-state index in [2.05, 4.69) is 15.5 Å². The molecule has 1 fully saturated rings. The minimum atomic E-state index is -0.710. The highest BCUT2D eigenvalue weighted by molar-refractivity contribution is 6.39. The van der Waals surface area contributed by atoms with Crippen molar-refractivity contribution >= 4 is 23.4 Å². The normalized spacial score (nSPS) is 14.1. The van der Waals surface area contributed by atoms with Crippen molar-refractivity contribution in [3.8, 4) is 5.75 Å². The Morgan fingerprint density at radius 1 is 0.968 bits per heavy atom. The van der Waals surface area contributed by atoms with Gasteiger partial charge in [-0.25, -0.2) is 0 Å². The van der Waals surface area contributed by atoms with E-state index in [1.54, 1.807) is 31.4 Å². The van der Waals surface area contributed by atoms with Gasteiger partial charge in [-0.1, -0.05) is 17.7 Å². The quantitative estimate of drug-likeness (QED) is 0.686. The van der Waals surface area contributed by atoms with Gasteiger partial charge in [-0.15, -0.1) is 0 Å². The van der Waals surface area contributed by atoms with Crippen molar-refractivity contribution in [2.24, 2.45) is 0 Å². The summed E-state index contributed by atoms with van der Waals surface area (Å²) in [6, 6.07) is 14.4. The van der Waals surface area contributed by atoms with Crippen LogP contribution in [-0.4, -0.2) is 73.9 Å². The van der Waals surface area contributed by atoms with Gasteiger partial charge in [0.2, 0.25) is 0 Å². The van der Waals surface area contributed by atoms with Crippen LogP contribution in [0, 0.1) is 6.92 Å². The number of nitrogens with one attached hydrogen (secondary N) is 2. The van der Waals surface area contributed by atoms with E-state index in [0.717, 1.165) is 18.7 Å². The fourth-order valence-electron chi connectivity index (χ4n) is 3.41. The molecule has 1 aliphatic heterocycles. The molecular formula is C23H28N4O4. The maximum absolute atomic E-state index is 12.6. The second-order valence-corrected chi connectivity index (χ2v) is 7.44. The number of piperazine rings is 1. The van der Waals surface area contributed by atoms with E-state index >= 15 is 0 Å². The summed E-state index contributed by atoms with van der Waals surface area (Å²) in [6.07, 6.45) is 0. The summed E-state index contributed by atoms with van der Waals surface area (Å²) in [5.74, 6) is -0.669. The molecule has 2 N–H and O–H groups in total. The highest BCUT2D eigenvalue weighted by Crippen LogP contribution is 2.15. The molecule has 2 aromatic carbocycles. The van der Waals surface area contributed by atoms with Crippen molar-refractivity contribution in [1.29, 1.82) is 0 Å². The number of methoxy groups -OCH3 is 1. The molecule has 8 nitrogen and oxygen atoms in total. The Morgan fingerprint density at radius 3 is 2.32 bits per heavy atom. The van der Waals surface area contributed by atoms with Crippen LogP contribution in [0.4, 0.5) is 5.69 Å². The molecule has 0 saturated carbocycles. The monoisotopic (exact) mass is 424 g/mol. The zero-order valence-corrected chi connectivity index (χ0v) is 17.9. The first-order valence-corrected chi connectivity index (χ1v) is 10.3. The molecule has 0 unspecified atom stereocenters. The van der Waals surface area contributed by atoms with Crippen LogP contribution in [0.5, 0.6) is 5.75 Å². The van der Waals surface area contributed by atoms with Crippen LogP contribution in [0.25, 0.3) is 0 Å². The van der Waals surface area contributed by atoms with E-state index in [9.17, 15) is 14.4 Å². The lowest BCUT2D eigenvalue weighted by Crippen LogP contribution is -2.50. The van der Waals surface area contributed by atoms with E-state index in [1.165, 1.54) is 0 Å². The lowest BCUT2D eigenvalue weighted by Gasteiger charge is -2.34. The Morgan fingerprint density at radius 2 is 1.68 bits per heavy atom. The number of benzene rings is 2. The molecule has 0 bridgehead atoms. The van der Waals surface area contributed by atoms with Crippen LogP contribution in [-0.2, 0) is 9.59 Å². The van der Waals surface area contributed by atoms with E-state index in [0.29, 0.717) is 43.2 Å². The molecule has 0 aromatic heterocycles. The molecule has 0 atom stereocenters. The van der Waals surface area contributed by atoms with E-state index in [1.807, 2.05) is 36.1 Å². The summed E-state index contributed by atoms with van der Waals surface area (Å²) in [5, 5.41) is 5.20. The molecule has 0 aliphatic carbocycles. The van der Waals surface area contributed by atoms with Crippen LogP contribution >= 0.6 is 0 Å². The number of aryl methyl sites for hydroxylation is 1. The summed E-state index contributed by atoms with van der Waals surface area (Å²) >= 11 is 0. The van der Waals surface area contributed by atoms with Gasteiger partial charge in [0.1, 0.15) is 5.75 Å². The predicted molar refractivity (Wildman–Crippen MR) is 118 cm³/mol. The second-order valence-electron chi connectivity index (χ2n) is 7.44. The SMILES string of the molecule is COc1ccc(NC(=O)C(=O)NCCN2CCN(C(=O)c3cccc(C)c3)CC2)cc1. The third kappa shape index (κ3) is 6.29. The van der Waals surface area contributed by atoms with E-state index < -0.39 is 11.8 Å². The highest BCUT2D eigenvalue weighted by atomic mass is 16.5. The van der Waals surface area contributed by atoms with Crippen molar-refractivity contribution in [2.75, 3.05) is 51.7 Å². The molecular weight excluding hydrogens is 396 g/mol. The van der Waals surface area contributed by atoms with E-state index in [4.69, 9.17) is 4.74 Å². The predicted octanol–water partition coefficient (Wildman–Crippen LogP) is 1.52. The van der Waals surface area contributed by atoms with Crippen LogP contribution in [0.3, 0.4) is 0 Å². The van der Waals surface area contributed by atoms with Gasteiger partial charge in [0.05, 0.1) is 7.11 Å². The topological polar surface area (TPSA) is 91.0 Å². The average molecular weight is 425 g/mol. The van der Waals surface area contributed by atoms with E-state index in [-0.39, 0.29) is 5.91 Å². The molecule has 164 valence electrons. The molecule has 8 heteroatoms. The Kier molecular flexibility index (Phi) is 7.61. The number of hydrogen-bond donors (Lipinski definition) is 2. The van der Waals surface area contributed by atoms with Gasteiger partial charge in [-0.05, 0) is 43.3 Å². The first-order valence-electron chi connectivity index (χ1n) is 10.3. The maximum atomic E-state index is 12.6. The molecule has 3 amide bonds. The number of anilines is 1. The third-order valence-corrected chi connectivity index (χ3v) is 5.19. The van der Waals surface area contributed by atoms with Gasteiger partial charge < -0.3 is 20.3 Å². The van der Waals surface area contributed by atoms with Gasteiger partial charge in [-0.2, -0.15) is 0 Å². The molecule has 1 heterocycles. The lowest BCUT2D eigenvalue weighted by atomic mass is 10.1. The van der Waals surface area contributed by atoms with Gasteiger partial charge in [0.15, 0.2) is 0 Å². The minimum Gasteiger partial charge on any atom is -0.497 e. The number of amides is 3. The highest BCUT2D eigenvalue weighted by Gasteiger charge is 2.22. The number of carbonyl (C=O) groups is 3. The molecule has 1 saturated heterocycles. The van der Waals surface area contributed by atoms with Gasteiger partial charge >= 0.3 is 11.8 Å². The fraction of sp³-hybridized carbons (Fsp3) is 0.348. The van der Waals surface area contributed by atoms with Crippen LogP contribution in [0.15, 0.2) is 48.5 Å². The minimum absolute atomic E-state index is 0.0480. The molecule has 2 aromatic rings. The smallest absolute Gasteiger partial charge is 0.313 e. The van der Waals surface area contributed by atoms with Crippen molar-refractivity contribution in [3.05, 3.63) is 59.7 Å². The Hall–Kier alpha value is -3.39. The summed E-state index contributed by atoms with van der Waals surface area (Å²) in [5.41, 5.74) is 2.30. The van der Waals surface area contributed by atoms with Crippen molar-refractivity contribution in [1.82, 2.24) is 15.1 Å². The van der Waals surface area contributed by atoms with Crippen molar-refractivity contribution in [2.45, 2.75) is 6.92 Å². The lowest BCUT2D eigenvalue weighted by molar-refractivity contribution is -0.136. The van der Waals surface area contributed by atoms with Gasteiger partial charge in [-0.3, -0.25) is 19.3 Å². The first kappa shape index (κ1) is 22.3. The third-order valence-electron chi connectivity index (χ3n) is 5.19. The van der Waals surface area contributed by atoms with Crippen molar-refractivity contribution < 1.29 is 19.1 Å². The maximum Gasteiger partial charge on any atom is 0.313 e. The zero-order valence-electron chi connectivity index (χ0n) is 17.9. The largest absolute Gasteiger partial charge is 0.497 e. The summed E-state index contributed by atoms with van der Waals surface area (Å²) in [7, 11) is 1.56. The number of nitrogens with zero attached hydrogens (tertiary/aromatic N) is 2. The summed E-state index contributed by atoms with van der Waals surface area (Å²) < 4.78 is 5.06. The van der Waals surface area contributed by atoms with Crippen LogP contribution in [0.2, 0.25) is 0 Å². The average Bonchev–Trinajstić information content (AvgIpc) is 2.79. The number of rotatable bonds is 6. The molecule has 1 aliphatic rings. The van der Waals surface area contributed by atoms with Crippen molar-refractivity contribution in [3.63, 3.8) is 0 Å². The zero-order chi connectivity index (χ0) is 22.2. The standard InChI is InChI=1S/C23H28N4O4/c1-17-4-3-5-18(16-17)23(30)27-14-12-26(13-15-27)11-10-24-21(28)22(29)25-19-6-8-20(31-2)9-7-19/h3-9,16H,10-15H2,1-2H3,(H,24,28)(H,25,29). The molecule has 0 spiro atoms. The van der Waals surface area contributed by atoms with Crippen LogP contribution < -0.4 is 15.4 Å². The molecule has 0 radical (unpaired) electrons. The van der Waals surface area contributed by atoms with Gasteiger partial charge in [0.25, 0.3) is 5.91 Å². The fourth-order valence-corrected chi connectivity index (χ4v) is 3.41. The van der Waals surface area contributed by atoms with Gasteiger partial charge in [0, 0.05) is 50.5 Å². The Bertz CT molecular complexity index is 921. The number of ether oxygens (including phenoxy) is 1. The molecule has 3 rings (SSSR count). The Balaban J connectivity index is 1.37. The second kappa shape index (κ2) is 10.6. The summed E-state index contributed by atoms with van der Waals surface area (Å²) in [4.78, 5) is 40.7. The summed E-state index contributed by atoms with van der Waals surface area (Å²) in [6.45, 7) is 5.68. The number of carbonyl (C=O) groups excluding carboxylic acids is 3. The molecule has 31 heavy (non-hydrogen) atoms. The Labute approximate surface area is 182 Å².